The molecule has 1 aromatic carbocycles. The number of hydrogen-bond donors (Lipinski definition) is 4. The predicted molar refractivity (Wildman–Crippen MR) is 103 cm³/mol. The highest BCUT2D eigenvalue weighted by Crippen LogP contribution is 2.50. The number of carboxylic acid groups (broad SMARTS) is 1. The molecular formula is C20H21FN4O4. The minimum atomic E-state index is -1.22. The number of benzene rings is 1. The number of nitrogens with two attached hydrogens (primary N) is 1. The van der Waals surface area contributed by atoms with Crippen molar-refractivity contribution < 1.29 is 24.2 Å². The summed E-state index contributed by atoms with van der Waals surface area (Å²) in [5, 5.41) is 22.9. The van der Waals surface area contributed by atoms with E-state index in [-0.39, 0.29) is 24.1 Å². The Hall–Kier alpha value is -3.20. The van der Waals surface area contributed by atoms with Crippen molar-refractivity contribution in [3.8, 4) is 0 Å². The number of hydrogen-bond acceptors (Lipinski definition) is 6. The van der Waals surface area contributed by atoms with Gasteiger partial charge in [-0.3, -0.25) is 4.79 Å². The van der Waals surface area contributed by atoms with E-state index in [0.29, 0.717) is 24.2 Å². The lowest BCUT2D eigenvalue weighted by Crippen LogP contribution is -2.60. The third-order valence-electron chi connectivity index (χ3n) is 5.82. The van der Waals surface area contributed by atoms with E-state index in [0.717, 1.165) is 0 Å². The zero-order chi connectivity index (χ0) is 20.8. The molecule has 2 aliphatic rings. The summed E-state index contributed by atoms with van der Waals surface area (Å²) in [6, 6.07) is 7.10. The van der Waals surface area contributed by atoms with E-state index in [9.17, 15) is 24.2 Å². The van der Waals surface area contributed by atoms with Crippen molar-refractivity contribution in [1.82, 2.24) is 4.98 Å². The molecular weight excluding hydrogens is 379 g/mol. The van der Waals surface area contributed by atoms with Crippen molar-refractivity contribution in [3.63, 3.8) is 0 Å². The molecule has 5 N–H and O–H groups in total. The van der Waals surface area contributed by atoms with Gasteiger partial charge in [-0.25, -0.2) is 14.2 Å². The van der Waals surface area contributed by atoms with Crippen molar-refractivity contribution >= 4 is 23.4 Å². The van der Waals surface area contributed by atoms with Crippen LogP contribution < -0.4 is 16.0 Å². The van der Waals surface area contributed by atoms with Gasteiger partial charge in [0.2, 0.25) is 5.91 Å². The average Bonchev–Trinajstić information content (AvgIpc) is 3.09. The summed E-state index contributed by atoms with van der Waals surface area (Å²) in [6.07, 6.45) is 1.39. The fourth-order valence-corrected chi connectivity index (χ4v) is 4.32. The number of rotatable bonds is 4. The summed E-state index contributed by atoms with van der Waals surface area (Å²) in [6.45, 7) is 0. The topological polar surface area (TPSA) is 129 Å². The third-order valence-corrected chi connectivity index (χ3v) is 5.82. The Morgan fingerprint density at radius 1 is 1.21 bits per heavy atom. The van der Waals surface area contributed by atoms with Gasteiger partial charge >= 0.3 is 5.97 Å². The lowest BCUT2D eigenvalue weighted by Gasteiger charge is -2.47. The molecule has 1 saturated carbocycles. The zero-order valence-corrected chi connectivity index (χ0v) is 15.5. The van der Waals surface area contributed by atoms with Crippen LogP contribution in [0.2, 0.25) is 0 Å². The molecule has 0 saturated heterocycles. The van der Waals surface area contributed by atoms with Crippen molar-refractivity contribution in [2.75, 3.05) is 10.2 Å². The SMILES string of the molecule is NC(=O)C1(N2c3c(C(=O)O)ccnc3NC2c2ccc(F)cc2)CCC(O)CC1. The highest BCUT2D eigenvalue weighted by atomic mass is 19.1. The standard InChI is InChI=1S/C20H21FN4O4/c21-12-3-1-11(2-4-12)17-24-16-15(14(18(27)28)7-10-23-16)25(17)20(19(22)29)8-5-13(26)6-9-20/h1-4,7,10,13,17,26H,5-6,8-9H2,(H2,22,29)(H,23,24)(H,27,28). The molecule has 9 heteroatoms. The van der Waals surface area contributed by atoms with Gasteiger partial charge in [-0.15, -0.1) is 0 Å². The Morgan fingerprint density at radius 3 is 2.45 bits per heavy atom. The van der Waals surface area contributed by atoms with Crippen LogP contribution in [0.25, 0.3) is 0 Å². The highest BCUT2D eigenvalue weighted by molar-refractivity contribution is 6.01. The number of carbonyl (C=O) groups is 2. The summed E-state index contributed by atoms with van der Waals surface area (Å²) in [5.41, 5.74) is 5.52. The molecule has 1 unspecified atom stereocenters. The molecule has 0 bridgehead atoms. The van der Waals surface area contributed by atoms with Crippen molar-refractivity contribution in [3.05, 3.63) is 53.5 Å². The number of primary amides is 1. The second kappa shape index (κ2) is 7.00. The van der Waals surface area contributed by atoms with Gasteiger partial charge in [0.15, 0.2) is 5.82 Å². The van der Waals surface area contributed by atoms with Crippen LogP contribution in [-0.2, 0) is 4.79 Å². The molecule has 1 fully saturated rings. The molecule has 0 radical (unpaired) electrons. The van der Waals surface area contributed by atoms with Crippen LogP contribution in [0.5, 0.6) is 0 Å². The summed E-state index contributed by atoms with van der Waals surface area (Å²) >= 11 is 0. The second-order valence-electron chi connectivity index (χ2n) is 7.46. The molecule has 2 heterocycles. The number of aliphatic hydroxyl groups is 1. The first-order valence-electron chi connectivity index (χ1n) is 9.35. The van der Waals surface area contributed by atoms with Gasteiger partial charge in [-0.05, 0) is 49.4 Å². The van der Waals surface area contributed by atoms with Gasteiger partial charge in [-0.2, -0.15) is 0 Å². The molecule has 29 heavy (non-hydrogen) atoms. The molecule has 8 nitrogen and oxygen atoms in total. The Labute approximate surface area is 166 Å². The number of nitrogens with one attached hydrogen (secondary N) is 1. The molecule has 1 amide bonds. The maximum absolute atomic E-state index is 13.5. The average molecular weight is 400 g/mol. The molecule has 1 aromatic heterocycles. The Balaban J connectivity index is 1.91. The first kappa shape index (κ1) is 19.1. The smallest absolute Gasteiger partial charge is 0.338 e. The lowest BCUT2D eigenvalue weighted by atomic mass is 9.77. The number of amides is 1. The van der Waals surface area contributed by atoms with Crippen LogP contribution in [0.15, 0.2) is 36.5 Å². The Bertz CT molecular complexity index is 957. The van der Waals surface area contributed by atoms with E-state index < -0.39 is 35.5 Å². The monoisotopic (exact) mass is 400 g/mol. The first-order chi connectivity index (χ1) is 13.8. The van der Waals surface area contributed by atoms with Gasteiger partial charge < -0.3 is 26.2 Å². The molecule has 2 aromatic rings. The number of pyridine rings is 1. The maximum atomic E-state index is 13.5. The number of halogens is 1. The predicted octanol–water partition coefficient (Wildman–Crippen LogP) is 2.01. The van der Waals surface area contributed by atoms with E-state index in [4.69, 9.17) is 5.73 Å². The maximum Gasteiger partial charge on any atom is 0.338 e. The van der Waals surface area contributed by atoms with Crippen molar-refractivity contribution in [2.45, 2.75) is 43.5 Å². The molecule has 1 aliphatic carbocycles. The van der Waals surface area contributed by atoms with Gasteiger partial charge in [0, 0.05) is 6.20 Å². The summed E-state index contributed by atoms with van der Waals surface area (Å²) in [4.78, 5) is 30.6. The van der Waals surface area contributed by atoms with E-state index >= 15 is 0 Å². The van der Waals surface area contributed by atoms with E-state index in [1.807, 2.05) is 0 Å². The summed E-state index contributed by atoms with van der Waals surface area (Å²) in [5.74, 6) is -1.87. The number of carbonyl (C=O) groups excluding carboxylic acids is 1. The number of aliphatic hydroxyl groups excluding tert-OH is 1. The normalized spacial score (nSPS) is 25.9. The zero-order valence-electron chi connectivity index (χ0n) is 15.5. The van der Waals surface area contributed by atoms with E-state index in [1.165, 1.54) is 24.4 Å². The van der Waals surface area contributed by atoms with Crippen LogP contribution >= 0.6 is 0 Å². The van der Waals surface area contributed by atoms with Crippen LogP contribution in [-0.4, -0.2) is 38.7 Å². The number of aromatic nitrogens is 1. The van der Waals surface area contributed by atoms with E-state index in [2.05, 4.69) is 10.3 Å². The van der Waals surface area contributed by atoms with E-state index in [1.54, 1.807) is 17.0 Å². The minimum Gasteiger partial charge on any atom is -0.478 e. The summed E-state index contributed by atoms with van der Waals surface area (Å²) in [7, 11) is 0. The molecule has 152 valence electrons. The van der Waals surface area contributed by atoms with Gasteiger partial charge in [0.05, 0.1) is 17.4 Å². The molecule has 0 spiro atoms. The fraction of sp³-hybridized carbons (Fsp3) is 0.350. The van der Waals surface area contributed by atoms with Crippen LogP contribution in [0.1, 0.15) is 47.8 Å². The van der Waals surface area contributed by atoms with Crippen molar-refractivity contribution in [1.29, 1.82) is 0 Å². The first-order valence-corrected chi connectivity index (χ1v) is 9.35. The molecule has 1 atom stereocenters. The minimum absolute atomic E-state index is 0.0149. The van der Waals surface area contributed by atoms with Crippen LogP contribution in [0.4, 0.5) is 15.9 Å². The molecule has 1 aliphatic heterocycles. The third kappa shape index (κ3) is 3.07. The second-order valence-corrected chi connectivity index (χ2v) is 7.46. The van der Waals surface area contributed by atoms with Gasteiger partial charge in [0.25, 0.3) is 0 Å². The van der Waals surface area contributed by atoms with Gasteiger partial charge in [0.1, 0.15) is 17.5 Å². The summed E-state index contributed by atoms with van der Waals surface area (Å²) < 4.78 is 13.5. The fourth-order valence-electron chi connectivity index (χ4n) is 4.32. The van der Waals surface area contributed by atoms with Gasteiger partial charge in [-0.1, -0.05) is 12.1 Å². The largest absolute Gasteiger partial charge is 0.478 e. The highest BCUT2D eigenvalue weighted by Gasteiger charge is 2.52. The number of nitrogens with zero attached hydrogens (tertiary/aromatic N) is 2. The van der Waals surface area contributed by atoms with Crippen LogP contribution in [0, 0.1) is 5.82 Å². The lowest BCUT2D eigenvalue weighted by molar-refractivity contribution is -0.125. The molecule has 4 rings (SSSR count). The Morgan fingerprint density at radius 2 is 1.86 bits per heavy atom. The number of fused-ring (bicyclic) bond motifs is 1. The number of aromatic carboxylic acids is 1. The quantitative estimate of drug-likeness (QED) is 0.618. The number of anilines is 2. The van der Waals surface area contributed by atoms with Crippen LogP contribution in [0.3, 0.4) is 0 Å². The Kier molecular flexibility index (Phi) is 4.62. The van der Waals surface area contributed by atoms with Crippen molar-refractivity contribution in [2.24, 2.45) is 5.73 Å². The number of carboxylic acids is 1.